The molecule has 0 aliphatic rings. The first-order valence-electron chi connectivity index (χ1n) is 2.82. The molecule has 0 amide bonds. The van der Waals surface area contributed by atoms with Crippen LogP contribution in [0.2, 0.25) is 0 Å². The molecule has 0 rings (SSSR count). The van der Waals surface area contributed by atoms with Crippen molar-refractivity contribution < 1.29 is 8.78 Å². The van der Waals surface area contributed by atoms with Gasteiger partial charge in [0.2, 0.25) is 6.43 Å². The van der Waals surface area contributed by atoms with Gasteiger partial charge in [-0.15, -0.1) is 11.8 Å². The van der Waals surface area contributed by atoms with E-state index >= 15 is 0 Å². The summed E-state index contributed by atoms with van der Waals surface area (Å²) in [5, 5.41) is -0.126. The van der Waals surface area contributed by atoms with Gasteiger partial charge in [0.25, 0.3) is 0 Å². The summed E-state index contributed by atoms with van der Waals surface area (Å²) in [5.74, 6) is -0.144. The van der Waals surface area contributed by atoms with Crippen LogP contribution >= 0.6 is 11.8 Å². The van der Waals surface area contributed by atoms with Crippen LogP contribution in [0.25, 0.3) is 0 Å². The third-order valence-electron chi connectivity index (χ3n) is 0.839. The summed E-state index contributed by atoms with van der Waals surface area (Å²) in [5.41, 5.74) is 5.35. The van der Waals surface area contributed by atoms with Crippen LogP contribution in [0.15, 0.2) is 0 Å². The van der Waals surface area contributed by atoms with Crippen molar-refractivity contribution in [1.82, 2.24) is 0 Å². The molecule has 1 nitrogen and oxygen atoms in total. The minimum absolute atomic E-state index is 0.126. The van der Waals surface area contributed by atoms with E-state index in [-0.39, 0.29) is 11.1 Å². The molecule has 0 bridgehead atoms. The van der Waals surface area contributed by atoms with E-state index < -0.39 is 6.43 Å². The zero-order valence-electron chi connectivity index (χ0n) is 5.31. The first kappa shape index (κ1) is 9.17. The fourth-order valence-corrected chi connectivity index (χ4v) is 0.943. The summed E-state index contributed by atoms with van der Waals surface area (Å²) in [4.78, 5) is 0. The fourth-order valence-electron chi connectivity index (χ4n) is 0.314. The summed E-state index contributed by atoms with van der Waals surface area (Å²) in [6.45, 7) is 1.88. The highest BCUT2D eigenvalue weighted by molar-refractivity contribution is 7.99. The fraction of sp³-hybridized carbons (Fsp3) is 1.00. The number of nitrogens with two attached hydrogens (primary N) is 1. The van der Waals surface area contributed by atoms with Gasteiger partial charge in [-0.1, -0.05) is 6.92 Å². The molecular formula is C5H11F2NS. The normalized spacial score (nSPS) is 14.3. The number of hydrogen-bond acceptors (Lipinski definition) is 2. The molecule has 2 N–H and O–H groups in total. The molecule has 1 atom stereocenters. The number of thioether (sulfide) groups is 1. The lowest BCUT2D eigenvalue weighted by Crippen LogP contribution is -2.15. The average molecular weight is 155 g/mol. The van der Waals surface area contributed by atoms with Crippen molar-refractivity contribution >= 4 is 11.8 Å². The molecule has 0 fully saturated rings. The third kappa shape index (κ3) is 6.05. The quantitative estimate of drug-likeness (QED) is 0.625. The average Bonchev–Trinajstić information content (AvgIpc) is 1.83. The van der Waals surface area contributed by atoms with E-state index in [1.54, 1.807) is 0 Å². The van der Waals surface area contributed by atoms with E-state index in [1.165, 1.54) is 0 Å². The standard InChI is InChI=1S/C5H11F2NS/c1-2-5(8)9-3-4(6)7/h4-5H,2-3,8H2,1H3/t5-/m1/s1. The number of rotatable bonds is 4. The molecule has 0 aromatic rings. The first-order valence-corrected chi connectivity index (χ1v) is 3.87. The third-order valence-corrected chi connectivity index (χ3v) is 2.04. The summed E-state index contributed by atoms with van der Waals surface area (Å²) >= 11 is 1.11. The van der Waals surface area contributed by atoms with Crippen molar-refractivity contribution in [3.05, 3.63) is 0 Å². The second-order valence-corrected chi connectivity index (χ2v) is 2.94. The van der Waals surface area contributed by atoms with Gasteiger partial charge in [-0.3, -0.25) is 0 Å². The molecule has 0 aromatic carbocycles. The van der Waals surface area contributed by atoms with Crippen LogP contribution in [-0.4, -0.2) is 17.6 Å². The van der Waals surface area contributed by atoms with Crippen molar-refractivity contribution in [2.75, 3.05) is 5.75 Å². The van der Waals surface area contributed by atoms with Gasteiger partial charge in [0.15, 0.2) is 0 Å². The van der Waals surface area contributed by atoms with Crippen LogP contribution in [0.1, 0.15) is 13.3 Å². The lowest BCUT2D eigenvalue weighted by molar-refractivity contribution is 0.176. The van der Waals surface area contributed by atoms with E-state index in [9.17, 15) is 8.78 Å². The van der Waals surface area contributed by atoms with Gasteiger partial charge in [-0.05, 0) is 6.42 Å². The Labute approximate surface area is 58.0 Å². The molecule has 9 heavy (non-hydrogen) atoms. The molecule has 0 unspecified atom stereocenters. The summed E-state index contributed by atoms with van der Waals surface area (Å²) in [6.07, 6.45) is -1.48. The van der Waals surface area contributed by atoms with Crippen molar-refractivity contribution in [3.8, 4) is 0 Å². The summed E-state index contributed by atoms with van der Waals surface area (Å²) < 4.78 is 22.9. The molecule has 0 spiro atoms. The first-order chi connectivity index (χ1) is 4.16. The molecule has 4 heteroatoms. The van der Waals surface area contributed by atoms with Gasteiger partial charge in [0.1, 0.15) is 0 Å². The highest BCUT2D eigenvalue weighted by Gasteiger charge is 2.05. The molecule has 0 radical (unpaired) electrons. The van der Waals surface area contributed by atoms with Crippen LogP contribution in [0.3, 0.4) is 0 Å². The van der Waals surface area contributed by atoms with Gasteiger partial charge < -0.3 is 5.73 Å². The molecule has 0 aromatic heterocycles. The van der Waals surface area contributed by atoms with E-state index in [0.29, 0.717) is 0 Å². The zero-order chi connectivity index (χ0) is 7.28. The van der Waals surface area contributed by atoms with Gasteiger partial charge >= 0.3 is 0 Å². The highest BCUT2D eigenvalue weighted by Crippen LogP contribution is 2.12. The predicted molar refractivity (Wildman–Crippen MR) is 36.7 cm³/mol. The SMILES string of the molecule is CC[C@H](N)SCC(F)F. The minimum atomic E-state index is -2.23. The van der Waals surface area contributed by atoms with E-state index in [4.69, 9.17) is 5.73 Å². The molecule has 0 heterocycles. The molecule has 0 saturated carbocycles. The number of halogens is 2. The zero-order valence-corrected chi connectivity index (χ0v) is 6.13. The largest absolute Gasteiger partial charge is 0.319 e. The predicted octanol–water partition coefficient (Wildman–Crippen LogP) is 1.68. The van der Waals surface area contributed by atoms with Crippen LogP contribution in [-0.2, 0) is 0 Å². The van der Waals surface area contributed by atoms with Crippen molar-refractivity contribution in [2.45, 2.75) is 25.1 Å². The maximum atomic E-state index is 11.5. The second-order valence-electron chi connectivity index (χ2n) is 1.67. The Bertz CT molecular complexity index is 70.0. The van der Waals surface area contributed by atoms with Crippen molar-refractivity contribution in [1.29, 1.82) is 0 Å². The Balaban J connectivity index is 3.06. The topological polar surface area (TPSA) is 26.0 Å². The number of alkyl halides is 2. The van der Waals surface area contributed by atoms with Gasteiger partial charge in [0.05, 0.1) is 11.1 Å². The van der Waals surface area contributed by atoms with Gasteiger partial charge in [-0.25, -0.2) is 8.78 Å². The molecule has 0 aliphatic heterocycles. The van der Waals surface area contributed by atoms with Gasteiger partial charge in [0, 0.05) is 0 Å². The Hall–Kier alpha value is 0.170. The molecule has 0 aliphatic carbocycles. The maximum Gasteiger partial charge on any atom is 0.247 e. The Morgan fingerprint density at radius 2 is 2.11 bits per heavy atom. The van der Waals surface area contributed by atoms with E-state index in [2.05, 4.69) is 0 Å². The lowest BCUT2D eigenvalue weighted by atomic mass is 10.5. The van der Waals surface area contributed by atoms with Crippen LogP contribution in [0.5, 0.6) is 0 Å². The summed E-state index contributed by atoms with van der Waals surface area (Å²) in [7, 11) is 0. The summed E-state index contributed by atoms with van der Waals surface area (Å²) in [6, 6.07) is 0. The lowest BCUT2D eigenvalue weighted by Gasteiger charge is -2.05. The molecular weight excluding hydrogens is 144 g/mol. The Morgan fingerprint density at radius 1 is 1.56 bits per heavy atom. The van der Waals surface area contributed by atoms with Gasteiger partial charge in [-0.2, -0.15) is 0 Å². The van der Waals surface area contributed by atoms with Crippen molar-refractivity contribution in [2.24, 2.45) is 5.73 Å². The van der Waals surface area contributed by atoms with Crippen LogP contribution in [0, 0.1) is 0 Å². The Morgan fingerprint density at radius 3 is 2.44 bits per heavy atom. The molecule has 0 saturated heterocycles. The van der Waals surface area contributed by atoms with Crippen LogP contribution < -0.4 is 5.73 Å². The monoisotopic (exact) mass is 155 g/mol. The molecule has 56 valence electrons. The minimum Gasteiger partial charge on any atom is -0.319 e. The van der Waals surface area contributed by atoms with E-state index in [0.717, 1.165) is 18.2 Å². The van der Waals surface area contributed by atoms with Crippen molar-refractivity contribution in [3.63, 3.8) is 0 Å². The second kappa shape index (κ2) is 4.99. The smallest absolute Gasteiger partial charge is 0.247 e. The number of hydrogen-bond donors (Lipinski definition) is 1. The van der Waals surface area contributed by atoms with E-state index in [1.807, 2.05) is 6.92 Å². The Kier molecular flexibility index (Phi) is 5.09. The van der Waals surface area contributed by atoms with Crippen LogP contribution in [0.4, 0.5) is 8.78 Å². The highest BCUT2D eigenvalue weighted by atomic mass is 32.2. The maximum absolute atomic E-state index is 11.5.